The Bertz CT molecular complexity index is 1580. The van der Waals surface area contributed by atoms with E-state index in [9.17, 15) is 13.2 Å². The second kappa shape index (κ2) is 14.5. The van der Waals surface area contributed by atoms with Gasteiger partial charge in [-0.3, -0.25) is 4.79 Å². The molecule has 11 heteroatoms. The molecule has 1 N–H and O–H groups in total. The van der Waals surface area contributed by atoms with Crippen molar-refractivity contribution in [1.82, 2.24) is 4.72 Å². The average Bonchev–Trinajstić information content (AvgIpc) is 3.17. The van der Waals surface area contributed by atoms with E-state index in [1.807, 2.05) is 25.1 Å². The van der Waals surface area contributed by atoms with Crippen LogP contribution in [0.1, 0.15) is 60.5 Å². The number of allylic oxidation sites excluding steroid dienone is 1. The zero-order chi connectivity index (χ0) is 33.2. The van der Waals surface area contributed by atoms with Crippen LogP contribution in [0.5, 0.6) is 5.75 Å². The first-order valence-corrected chi connectivity index (χ1v) is 18.7. The number of halogens is 1. The highest BCUT2D eigenvalue weighted by Gasteiger charge is 2.44. The van der Waals surface area contributed by atoms with E-state index >= 15 is 0 Å². The minimum atomic E-state index is -4.06. The second-order valence-corrected chi connectivity index (χ2v) is 16.1. The SMILES string of the molecule is COCCO[C@H]1/C=C\C[C@H](C)[C@H](COC)S(=O)(=O)NC(=O)c2ccc3c(c2)N(C[C@@H]2CC[C@H]21)C[C@@]1(CCCc2cc(Cl)ccc21)CO3. The molecule has 2 heterocycles. The lowest BCUT2D eigenvalue weighted by Gasteiger charge is -2.46. The molecule has 1 spiro atoms. The number of sulfonamides is 1. The summed E-state index contributed by atoms with van der Waals surface area (Å²) in [4.78, 5) is 16.0. The van der Waals surface area contributed by atoms with Crippen molar-refractivity contribution in [1.29, 1.82) is 0 Å². The van der Waals surface area contributed by atoms with Crippen molar-refractivity contribution in [3.05, 3.63) is 70.3 Å². The fourth-order valence-electron chi connectivity index (χ4n) is 7.95. The van der Waals surface area contributed by atoms with E-state index in [0.717, 1.165) is 49.4 Å². The Balaban J connectivity index is 1.42. The Morgan fingerprint density at radius 1 is 1.11 bits per heavy atom. The summed E-state index contributed by atoms with van der Waals surface area (Å²) >= 11 is 6.44. The van der Waals surface area contributed by atoms with E-state index < -0.39 is 21.2 Å². The molecule has 1 amide bonds. The number of aryl methyl sites for hydroxylation is 1. The third-order valence-corrected chi connectivity index (χ3v) is 12.8. The van der Waals surface area contributed by atoms with Gasteiger partial charge in [-0.1, -0.05) is 36.7 Å². The number of carbonyl (C=O) groups excluding carboxylic acids is 1. The molecule has 0 saturated heterocycles. The molecular formula is C36H47ClN2O7S. The van der Waals surface area contributed by atoms with Crippen LogP contribution in [0, 0.1) is 17.8 Å². The quantitative estimate of drug-likeness (QED) is 0.312. The average molecular weight is 687 g/mol. The highest BCUT2D eigenvalue weighted by molar-refractivity contribution is 7.90. The summed E-state index contributed by atoms with van der Waals surface area (Å²) in [7, 11) is -0.920. The van der Waals surface area contributed by atoms with Crippen LogP contribution in [0.4, 0.5) is 5.69 Å². The number of methoxy groups -OCH3 is 2. The fraction of sp³-hybridized carbons (Fsp3) is 0.583. The zero-order valence-electron chi connectivity index (χ0n) is 27.6. The summed E-state index contributed by atoms with van der Waals surface area (Å²) in [5.74, 6) is 0.373. The maximum Gasteiger partial charge on any atom is 0.264 e. The molecule has 0 aromatic heterocycles. The van der Waals surface area contributed by atoms with Gasteiger partial charge in [0.05, 0.1) is 38.2 Å². The number of anilines is 1. The molecule has 4 aliphatic rings. The van der Waals surface area contributed by atoms with Crippen LogP contribution in [-0.4, -0.2) is 79.4 Å². The summed E-state index contributed by atoms with van der Waals surface area (Å²) in [5, 5.41) is -0.181. The van der Waals surface area contributed by atoms with Gasteiger partial charge < -0.3 is 23.8 Å². The van der Waals surface area contributed by atoms with Crippen molar-refractivity contribution >= 4 is 33.2 Å². The Morgan fingerprint density at radius 3 is 2.72 bits per heavy atom. The normalized spacial score (nSPS) is 31.0. The van der Waals surface area contributed by atoms with Crippen molar-refractivity contribution < 1.29 is 32.2 Å². The smallest absolute Gasteiger partial charge is 0.264 e. The van der Waals surface area contributed by atoms with Crippen LogP contribution in [0.25, 0.3) is 0 Å². The molecule has 9 nitrogen and oxygen atoms in total. The van der Waals surface area contributed by atoms with Gasteiger partial charge in [-0.25, -0.2) is 13.1 Å². The number of hydrogen-bond acceptors (Lipinski definition) is 8. The van der Waals surface area contributed by atoms with E-state index in [2.05, 4.69) is 27.8 Å². The number of ether oxygens (including phenoxy) is 4. The van der Waals surface area contributed by atoms with Crippen molar-refractivity contribution in [2.45, 2.75) is 62.2 Å². The Hall–Kier alpha value is -2.63. The van der Waals surface area contributed by atoms with Gasteiger partial charge >= 0.3 is 0 Å². The van der Waals surface area contributed by atoms with Crippen molar-refractivity contribution in [2.24, 2.45) is 17.8 Å². The summed E-state index contributed by atoms with van der Waals surface area (Å²) in [6, 6.07) is 11.5. The molecule has 0 unspecified atom stereocenters. The predicted octanol–water partition coefficient (Wildman–Crippen LogP) is 5.54. The molecule has 2 aliphatic carbocycles. The van der Waals surface area contributed by atoms with Crippen LogP contribution >= 0.6 is 11.6 Å². The molecule has 2 aromatic rings. The third-order valence-electron chi connectivity index (χ3n) is 10.7. The van der Waals surface area contributed by atoms with Crippen molar-refractivity contribution in [3.63, 3.8) is 0 Å². The van der Waals surface area contributed by atoms with E-state index in [1.165, 1.54) is 18.2 Å². The first kappa shape index (κ1) is 34.2. The van der Waals surface area contributed by atoms with Crippen LogP contribution in [0.2, 0.25) is 5.02 Å². The van der Waals surface area contributed by atoms with Gasteiger partial charge in [0.2, 0.25) is 10.0 Å². The molecule has 2 bridgehead atoms. The van der Waals surface area contributed by atoms with Gasteiger partial charge in [0.1, 0.15) is 11.0 Å². The van der Waals surface area contributed by atoms with E-state index in [4.69, 9.17) is 30.5 Å². The molecule has 1 saturated carbocycles. The summed E-state index contributed by atoms with van der Waals surface area (Å²) in [6.07, 6.45) is 9.58. The van der Waals surface area contributed by atoms with E-state index in [0.29, 0.717) is 44.5 Å². The van der Waals surface area contributed by atoms with Crippen LogP contribution in [0.15, 0.2) is 48.6 Å². The maximum absolute atomic E-state index is 13.6. The second-order valence-electron chi connectivity index (χ2n) is 13.7. The number of amides is 1. The largest absolute Gasteiger partial charge is 0.490 e. The number of nitrogens with one attached hydrogen (secondary N) is 1. The van der Waals surface area contributed by atoms with Gasteiger partial charge in [0.25, 0.3) is 5.91 Å². The van der Waals surface area contributed by atoms with E-state index in [1.54, 1.807) is 19.2 Å². The minimum Gasteiger partial charge on any atom is -0.490 e. The lowest BCUT2D eigenvalue weighted by atomic mass is 9.68. The molecule has 2 aliphatic heterocycles. The topological polar surface area (TPSA) is 103 Å². The Labute approximate surface area is 284 Å². The lowest BCUT2D eigenvalue weighted by Crippen LogP contribution is -2.49. The maximum atomic E-state index is 13.6. The lowest BCUT2D eigenvalue weighted by molar-refractivity contribution is -0.0310. The summed E-state index contributed by atoms with van der Waals surface area (Å²) < 4.78 is 53.2. The molecule has 2 aromatic carbocycles. The number of hydrogen-bond donors (Lipinski definition) is 1. The first-order valence-electron chi connectivity index (χ1n) is 16.8. The molecule has 0 radical (unpaired) electrons. The predicted molar refractivity (Wildman–Crippen MR) is 183 cm³/mol. The van der Waals surface area contributed by atoms with E-state index in [-0.39, 0.29) is 35.5 Å². The van der Waals surface area contributed by atoms with Gasteiger partial charge in [-0.2, -0.15) is 0 Å². The number of carbonyl (C=O) groups is 1. The number of benzene rings is 2. The van der Waals surface area contributed by atoms with Crippen LogP contribution in [-0.2, 0) is 36.1 Å². The standard InChI is InChI=1S/C36H47ClN2O7S/c1-24-6-4-8-32(45-17-16-43-2)29-12-9-27(29)20-39-22-36(15-5-7-25-18-28(37)11-13-30(25)36)23-46-33-14-10-26(19-31(33)39)35(40)38-47(41,42)34(24)21-44-3/h4,8,10-11,13-14,18-19,24,27,29,32,34H,5-7,9,12,15-17,20-23H2,1-3H3,(H,38,40)/b8-4-/t24-,27-,29+,32-,34-,36-/m0/s1. The molecule has 6 rings (SSSR count). The van der Waals surface area contributed by atoms with Crippen molar-refractivity contribution in [3.8, 4) is 5.75 Å². The zero-order valence-corrected chi connectivity index (χ0v) is 29.2. The Morgan fingerprint density at radius 2 is 1.96 bits per heavy atom. The minimum absolute atomic E-state index is 0.0311. The third kappa shape index (κ3) is 7.22. The first-order chi connectivity index (χ1) is 22.6. The van der Waals surface area contributed by atoms with Gasteiger partial charge in [0.15, 0.2) is 0 Å². The highest BCUT2D eigenvalue weighted by atomic mass is 35.5. The monoisotopic (exact) mass is 686 g/mol. The van der Waals surface area contributed by atoms with Gasteiger partial charge in [-0.15, -0.1) is 0 Å². The van der Waals surface area contributed by atoms with Crippen LogP contribution in [0.3, 0.4) is 0 Å². The molecule has 1 fully saturated rings. The van der Waals surface area contributed by atoms with Crippen LogP contribution < -0.4 is 14.4 Å². The number of rotatable bonds is 6. The number of nitrogens with zero attached hydrogens (tertiary/aromatic N) is 1. The Kier molecular flexibility index (Phi) is 10.5. The molecule has 47 heavy (non-hydrogen) atoms. The fourth-order valence-corrected chi connectivity index (χ4v) is 9.71. The molecule has 6 atom stereocenters. The summed E-state index contributed by atoms with van der Waals surface area (Å²) in [5.41, 5.74) is 3.34. The molecular weight excluding hydrogens is 640 g/mol. The van der Waals surface area contributed by atoms with Gasteiger partial charge in [0, 0.05) is 43.3 Å². The summed E-state index contributed by atoms with van der Waals surface area (Å²) in [6.45, 7) is 4.79. The highest BCUT2D eigenvalue weighted by Crippen LogP contribution is 2.47. The van der Waals surface area contributed by atoms with Crippen molar-refractivity contribution in [2.75, 3.05) is 58.6 Å². The van der Waals surface area contributed by atoms with Gasteiger partial charge in [-0.05, 0) is 97.7 Å². The number of fused-ring (bicyclic) bond motifs is 4. The molecule has 256 valence electrons.